The molecule has 0 fully saturated rings. The molecule has 1 N–H and O–H groups in total. The second-order valence-corrected chi connectivity index (χ2v) is 4.61. The standard InChI is InChI=1S/C14H24N2O/c1-6-7-12(4)17-14-13(9-15-5)10(2)8-11(3)16-14/h8,12,15H,6-7,9H2,1-5H3. The van der Waals surface area contributed by atoms with Crippen LogP contribution in [0.25, 0.3) is 0 Å². The summed E-state index contributed by atoms with van der Waals surface area (Å²) in [5, 5.41) is 3.17. The molecule has 0 bridgehead atoms. The summed E-state index contributed by atoms with van der Waals surface area (Å²) in [6.45, 7) is 9.19. The third-order valence-electron chi connectivity index (χ3n) is 2.80. The predicted molar refractivity (Wildman–Crippen MR) is 71.5 cm³/mol. The van der Waals surface area contributed by atoms with Crippen molar-refractivity contribution >= 4 is 0 Å². The van der Waals surface area contributed by atoms with Crippen molar-refractivity contribution < 1.29 is 4.74 Å². The first-order valence-electron chi connectivity index (χ1n) is 6.36. The van der Waals surface area contributed by atoms with Crippen LogP contribution in [0.1, 0.15) is 43.5 Å². The average Bonchev–Trinajstić information content (AvgIpc) is 2.23. The van der Waals surface area contributed by atoms with Crippen LogP contribution in [0.4, 0.5) is 0 Å². The molecule has 0 saturated heterocycles. The van der Waals surface area contributed by atoms with Crippen LogP contribution in [0.5, 0.6) is 5.88 Å². The van der Waals surface area contributed by atoms with Crippen molar-refractivity contribution in [2.45, 2.75) is 53.2 Å². The monoisotopic (exact) mass is 236 g/mol. The lowest BCUT2D eigenvalue weighted by atomic mass is 10.1. The molecular weight excluding hydrogens is 212 g/mol. The van der Waals surface area contributed by atoms with Crippen LogP contribution in [0.3, 0.4) is 0 Å². The first-order valence-corrected chi connectivity index (χ1v) is 6.36. The van der Waals surface area contributed by atoms with Crippen LogP contribution < -0.4 is 10.1 Å². The minimum absolute atomic E-state index is 0.226. The number of aryl methyl sites for hydroxylation is 2. The summed E-state index contributed by atoms with van der Waals surface area (Å²) in [5.74, 6) is 0.790. The Kier molecular flexibility index (Phi) is 5.42. The van der Waals surface area contributed by atoms with Crippen molar-refractivity contribution in [2.75, 3.05) is 7.05 Å². The van der Waals surface area contributed by atoms with Crippen molar-refractivity contribution in [3.8, 4) is 5.88 Å². The molecule has 1 rings (SSSR count). The van der Waals surface area contributed by atoms with Crippen molar-refractivity contribution in [3.05, 3.63) is 22.9 Å². The first kappa shape index (κ1) is 14.0. The van der Waals surface area contributed by atoms with Gasteiger partial charge in [-0.3, -0.25) is 0 Å². The molecule has 1 aromatic heterocycles. The van der Waals surface area contributed by atoms with Gasteiger partial charge in [0, 0.05) is 17.8 Å². The molecule has 3 heteroatoms. The fourth-order valence-electron chi connectivity index (χ4n) is 1.97. The van der Waals surface area contributed by atoms with Gasteiger partial charge < -0.3 is 10.1 Å². The molecule has 1 unspecified atom stereocenters. The fourth-order valence-corrected chi connectivity index (χ4v) is 1.97. The summed E-state index contributed by atoms with van der Waals surface area (Å²) >= 11 is 0. The minimum atomic E-state index is 0.226. The molecular formula is C14H24N2O. The van der Waals surface area contributed by atoms with Crippen LogP contribution in [0, 0.1) is 13.8 Å². The van der Waals surface area contributed by atoms with Gasteiger partial charge in [0.2, 0.25) is 5.88 Å². The van der Waals surface area contributed by atoms with Gasteiger partial charge in [-0.25, -0.2) is 4.98 Å². The number of hydrogen-bond acceptors (Lipinski definition) is 3. The summed E-state index contributed by atoms with van der Waals surface area (Å²) in [5.41, 5.74) is 3.42. The Balaban J connectivity index is 2.94. The number of hydrogen-bond donors (Lipinski definition) is 1. The second-order valence-electron chi connectivity index (χ2n) is 4.61. The summed E-state index contributed by atoms with van der Waals surface area (Å²) in [6.07, 6.45) is 2.42. The van der Waals surface area contributed by atoms with Crippen LogP contribution >= 0.6 is 0 Å². The number of pyridine rings is 1. The van der Waals surface area contributed by atoms with E-state index in [2.05, 4.69) is 37.1 Å². The smallest absolute Gasteiger partial charge is 0.218 e. The van der Waals surface area contributed by atoms with Gasteiger partial charge in [0.25, 0.3) is 0 Å². The Morgan fingerprint density at radius 1 is 1.41 bits per heavy atom. The lowest BCUT2D eigenvalue weighted by Crippen LogP contribution is -2.16. The largest absolute Gasteiger partial charge is 0.474 e. The van der Waals surface area contributed by atoms with E-state index in [0.717, 1.165) is 31.0 Å². The third-order valence-corrected chi connectivity index (χ3v) is 2.80. The Labute approximate surface area is 105 Å². The van der Waals surface area contributed by atoms with Crippen LogP contribution in [-0.4, -0.2) is 18.1 Å². The highest BCUT2D eigenvalue weighted by Crippen LogP contribution is 2.22. The molecule has 96 valence electrons. The van der Waals surface area contributed by atoms with Crippen molar-refractivity contribution in [3.63, 3.8) is 0 Å². The quantitative estimate of drug-likeness (QED) is 0.824. The van der Waals surface area contributed by atoms with Gasteiger partial charge >= 0.3 is 0 Å². The lowest BCUT2D eigenvalue weighted by Gasteiger charge is -2.18. The lowest BCUT2D eigenvalue weighted by molar-refractivity contribution is 0.198. The van der Waals surface area contributed by atoms with Gasteiger partial charge in [0.1, 0.15) is 0 Å². The SMILES string of the molecule is CCCC(C)Oc1nc(C)cc(C)c1CNC. The molecule has 0 aromatic carbocycles. The highest BCUT2D eigenvalue weighted by molar-refractivity contribution is 5.35. The van der Waals surface area contributed by atoms with Gasteiger partial charge in [-0.2, -0.15) is 0 Å². The maximum Gasteiger partial charge on any atom is 0.218 e. The van der Waals surface area contributed by atoms with Crippen LogP contribution in [-0.2, 0) is 6.54 Å². The molecule has 1 atom stereocenters. The van der Waals surface area contributed by atoms with Gasteiger partial charge in [0.15, 0.2) is 0 Å². The van der Waals surface area contributed by atoms with Crippen LogP contribution in [0.2, 0.25) is 0 Å². The summed E-state index contributed by atoms with van der Waals surface area (Å²) in [7, 11) is 1.94. The van der Waals surface area contributed by atoms with Crippen molar-refractivity contribution in [2.24, 2.45) is 0 Å². The van der Waals surface area contributed by atoms with E-state index in [9.17, 15) is 0 Å². The highest BCUT2D eigenvalue weighted by Gasteiger charge is 2.12. The molecule has 0 saturated carbocycles. The predicted octanol–water partition coefficient (Wildman–Crippen LogP) is 2.99. The minimum Gasteiger partial charge on any atom is -0.474 e. The summed E-state index contributed by atoms with van der Waals surface area (Å²) in [4.78, 5) is 4.51. The zero-order chi connectivity index (χ0) is 12.8. The number of nitrogens with one attached hydrogen (secondary N) is 1. The van der Waals surface area contributed by atoms with E-state index in [0.29, 0.717) is 0 Å². The molecule has 0 spiro atoms. The maximum atomic E-state index is 5.95. The number of nitrogens with zero attached hydrogens (tertiary/aromatic N) is 1. The molecule has 3 nitrogen and oxygen atoms in total. The topological polar surface area (TPSA) is 34.1 Å². The molecule has 0 aliphatic heterocycles. The van der Waals surface area contributed by atoms with Gasteiger partial charge in [-0.15, -0.1) is 0 Å². The number of rotatable bonds is 6. The van der Waals surface area contributed by atoms with E-state index in [1.807, 2.05) is 14.0 Å². The molecule has 0 amide bonds. The molecule has 0 aliphatic rings. The van der Waals surface area contributed by atoms with Crippen LogP contribution in [0.15, 0.2) is 6.07 Å². The van der Waals surface area contributed by atoms with Crippen molar-refractivity contribution in [1.29, 1.82) is 0 Å². The van der Waals surface area contributed by atoms with Crippen molar-refractivity contribution in [1.82, 2.24) is 10.3 Å². The highest BCUT2D eigenvalue weighted by atomic mass is 16.5. The molecule has 0 radical (unpaired) electrons. The van der Waals surface area contributed by atoms with E-state index in [4.69, 9.17) is 4.74 Å². The third kappa shape index (κ3) is 4.00. The second kappa shape index (κ2) is 6.60. The Bertz CT molecular complexity index is 363. The zero-order valence-electron chi connectivity index (χ0n) is 11.6. The normalized spacial score (nSPS) is 12.5. The number of aromatic nitrogens is 1. The van der Waals surface area contributed by atoms with E-state index in [-0.39, 0.29) is 6.10 Å². The Hall–Kier alpha value is -1.09. The molecule has 17 heavy (non-hydrogen) atoms. The Morgan fingerprint density at radius 2 is 2.12 bits per heavy atom. The average molecular weight is 236 g/mol. The van der Waals surface area contributed by atoms with Gasteiger partial charge in [-0.1, -0.05) is 13.3 Å². The van der Waals surface area contributed by atoms with E-state index in [1.54, 1.807) is 0 Å². The summed E-state index contributed by atoms with van der Waals surface area (Å²) in [6, 6.07) is 2.10. The molecule has 1 heterocycles. The maximum absolute atomic E-state index is 5.95. The van der Waals surface area contributed by atoms with Gasteiger partial charge in [-0.05, 0) is 45.9 Å². The van der Waals surface area contributed by atoms with Gasteiger partial charge in [0.05, 0.1) is 6.10 Å². The molecule has 1 aromatic rings. The summed E-state index contributed by atoms with van der Waals surface area (Å²) < 4.78 is 5.95. The van der Waals surface area contributed by atoms with E-state index < -0.39 is 0 Å². The van der Waals surface area contributed by atoms with E-state index in [1.165, 1.54) is 11.1 Å². The number of ether oxygens (including phenoxy) is 1. The molecule has 0 aliphatic carbocycles. The fraction of sp³-hybridized carbons (Fsp3) is 0.643. The van der Waals surface area contributed by atoms with E-state index >= 15 is 0 Å². The zero-order valence-corrected chi connectivity index (χ0v) is 11.6. The first-order chi connectivity index (χ1) is 8.08. The Morgan fingerprint density at radius 3 is 2.71 bits per heavy atom.